The molecule has 9 heteroatoms. The van der Waals surface area contributed by atoms with E-state index in [0.717, 1.165) is 96.5 Å². The second-order valence-electron chi connectivity index (χ2n) is 16.6. The third kappa shape index (κ3) is 10.1. The second-order valence-corrected chi connectivity index (χ2v) is 16.6. The quantitative estimate of drug-likeness (QED) is 0.0538. The molecule has 1 saturated carbocycles. The summed E-state index contributed by atoms with van der Waals surface area (Å²) in [5.74, 6) is 5.89. The number of carbonyl (C=O) groups excluding carboxylic acids is 1. The van der Waals surface area contributed by atoms with Crippen LogP contribution < -0.4 is 20.5 Å². The van der Waals surface area contributed by atoms with E-state index < -0.39 is 11.5 Å². The molecule has 2 aliphatic carbocycles. The van der Waals surface area contributed by atoms with Gasteiger partial charge in [-0.15, -0.1) is 0 Å². The Balaban J connectivity index is 1.16. The highest BCUT2D eigenvalue weighted by Gasteiger charge is 2.38. The molecule has 60 heavy (non-hydrogen) atoms. The number of rotatable bonds is 10. The Labute approximate surface area is 354 Å². The number of hydrogen-bond donors (Lipinski definition) is 4. The van der Waals surface area contributed by atoms with E-state index in [1.54, 1.807) is 20.2 Å². The lowest BCUT2D eigenvalue weighted by molar-refractivity contribution is -0.121. The number of aryl methyl sites for hydroxylation is 3. The lowest BCUT2D eigenvalue weighted by atomic mass is 9.76. The van der Waals surface area contributed by atoms with Crippen LogP contribution in [0.5, 0.6) is 17.2 Å². The van der Waals surface area contributed by atoms with E-state index in [4.69, 9.17) is 19.9 Å². The van der Waals surface area contributed by atoms with Crippen molar-refractivity contribution in [3.8, 4) is 29.3 Å². The van der Waals surface area contributed by atoms with Crippen molar-refractivity contribution < 1.29 is 29.2 Å². The maximum atomic E-state index is 13.8. The van der Waals surface area contributed by atoms with Gasteiger partial charge in [-0.1, -0.05) is 62.6 Å². The standard InChI is InChI=1S/C51H59N3O6/c1-4-37-31-46(57)49-44-20-15-36(27-45(37)44)33-60-48-28-35(16-21-47(48)58-3)14-18-42(56)32-43(59-25-24-51(49)22-7-8-23-51)30-39-29-41(55)19-17-38(39)12-6-5-10-34-11-9-13-40(26-34)54-50(52)53-2/h9,11,13,15-17,19-21,26-29,31,38-39,43,55,57H,4-8,10,12,14,18,22-23,30,32-33H2,1-3H3,(H3,52,53,54). The SMILES string of the molecule is CCc1cc(O)c2c3ccc(cc13)COc1cc(ccc1OC)CCC(=O)CC(CC1C=C(O)C=CC1CCCCc1cccc(NC(N)=NC)c1)OC#CC21CCCC1. The lowest BCUT2D eigenvalue weighted by Crippen LogP contribution is -2.25. The van der Waals surface area contributed by atoms with E-state index >= 15 is 0 Å². The molecule has 8 rings (SSSR count). The lowest BCUT2D eigenvalue weighted by Gasteiger charge is -2.29. The number of hydrogen-bond acceptors (Lipinski definition) is 7. The summed E-state index contributed by atoms with van der Waals surface area (Å²) >= 11 is 0. The molecule has 2 heterocycles. The maximum absolute atomic E-state index is 13.8. The van der Waals surface area contributed by atoms with Gasteiger partial charge in [-0.25, -0.2) is 0 Å². The first kappa shape index (κ1) is 42.3. The molecule has 9 nitrogen and oxygen atoms in total. The molecule has 4 aliphatic rings. The van der Waals surface area contributed by atoms with Gasteiger partial charge in [-0.05, 0) is 151 Å². The van der Waals surface area contributed by atoms with E-state index in [1.807, 2.05) is 42.5 Å². The molecule has 6 bridgehead atoms. The molecule has 314 valence electrons. The summed E-state index contributed by atoms with van der Waals surface area (Å²) in [6.07, 6.45) is 18.3. The number of fused-ring (bicyclic) bond motifs is 8. The second kappa shape index (κ2) is 19.5. The molecule has 4 aromatic carbocycles. The van der Waals surface area contributed by atoms with Crippen molar-refractivity contribution in [1.29, 1.82) is 0 Å². The van der Waals surface area contributed by atoms with Crippen molar-refractivity contribution in [3.05, 3.63) is 119 Å². The van der Waals surface area contributed by atoms with Crippen LogP contribution in [-0.2, 0) is 40.8 Å². The Bertz CT molecular complexity index is 2330. The highest BCUT2D eigenvalue weighted by Crippen LogP contribution is 2.48. The number of guanidine groups is 1. The number of allylic oxidation sites excluding steroid dienone is 3. The van der Waals surface area contributed by atoms with Crippen LogP contribution >= 0.6 is 0 Å². The molecule has 0 amide bonds. The number of methoxy groups -OCH3 is 1. The van der Waals surface area contributed by atoms with Crippen LogP contribution in [0.15, 0.2) is 95.7 Å². The first-order chi connectivity index (χ1) is 29.2. The normalized spacial score (nSPS) is 20.4. The number of anilines is 1. The highest BCUT2D eigenvalue weighted by molar-refractivity contribution is 5.93. The average molecular weight is 810 g/mol. The Hall–Kier alpha value is -5.88. The van der Waals surface area contributed by atoms with E-state index in [-0.39, 0.29) is 35.5 Å². The number of benzene rings is 4. The molecule has 3 unspecified atom stereocenters. The number of nitrogens with zero attached hydrogens (tertiary/aromatic N) is 1. The summed E-state index contributed by atoms with van der Waals surface area (Å²) in [6, 6.07) is 22.3. The summed E-state index contributed by atoms with van der Waals surface area (Å²) in [4.78, 5) is 17.8. The third-order valence-electron chi connectivity index (χ3n) is 12.5. The maximum Gasteiger partial charge on any atom is 0.192 e. The van der Waals surface area contributed by atoms with Gasteiger partial charge < -0.3 is 35.5 Å². The number of aliphatic hydroxyl groups is 1. The summed E-state index contributed by atoms with van der Waals surface area (Å²) in [6.45, 7) is 2.45. The van der Waals surface area contributed by atoms with Crippen LogP contribution in [0.1, 0.15) is 98.9 Å². The fraction of sp³-hybridized carbons (Fsp3) is 0.412. The van der Waals surface area contributed by atoms with E-state index in [0.29, 0.717) is 43.3 Å². The van der Waals surface area contributed by atoms with Crippen molar-refractivity contribution >= 4 is 28.2 Å². The van der Waals surface area contributed by atoms with Crippen LogP contribution in [0.2, 0.25) is 0 Å². The van der Waals surface area contributed by atoms with Crippen molar-refractivity contribution in [2.45, 2.75) is 109 Å². The summed E-state index contributed by atoms with van der Waals surface area (Å²) in [5, 5.41) is 27.6. The minimum absolute atomic E-state index is 0.0365. The van der Waals surface area contributed by atoms with E-state index in [9.17, 15) is 15.0 Å². The van der Waals surface area contributed by atoms with Crippen LogP contribution in [0, 0.1) is 23.9 Å². The molecule has 0 saturated heterocycles. The van der Waals surface area contributed by atoms with Crippen LogP contribution in [0.3, 0.4) is 0 Å². The minimum Gasteiger partial charge on any atom is -0.508 e. The number of unbranched alkanes of at least 4 members (excludes halogenated alkanes) is 1. The number of ketones is 1. The van der Waals surface area contributed by atoms with Gasteiger partial charge in [0.05, 0.1) is 12.5 Å². The van der Waals surface area contributed by atoms with Crippen molar-refractivity contribution in [2.75, 3.05) is 19.5 Å². The summed E-state index contributed by atoms with van der Waals surface area (Å²) in [7, 11) is 3.29. The van der Waals surface area contributed by atoms with Gasteiger partial charge in [-0.2, -0.15) is 0 Å². The van der Waals surface area contributed by atoms with Crippen molar-refractivity contribution in [3.63, 3.8) is 0 Å². The van der Waals surface area contributed by atoms with Crippen LogP contribution in [-0.4, -0.2) is 42.2 Å². The Kier molecular flexibility index (Phi) is 13.7. The van der Waals surface area contributed by atoms with Gasteiger partial charge in [0.25, 0.3) is 0 Å². The minimum atomic E-state index is -0.601. The number of nitrogens with two attached hydrogens (primary N) is 1. The highest BCUT2D eigenvalue weighted by atomic mass is 16.5. The molecule has 5 N–H and O–H groups in total. The molecule has 4 aromatic rings. The zero-order valence-corrected chi connectivity index (χ0v) is 35.3. The molecule has 1 spiro atoms. The fourth-order valence-electron chi connectivity index (χ4n) is 9.34. The number of nitrogens with one attached hydrogen (secondary N) is 1. The number of Topliss-reactive ketones (excluding diaryl/α,β-unsaturated/α-hetero) is 1. The number of aliphatic imine (C=N–C) groups is 1. The molecular weight excluding hydrogens is 751 g/mol. The van der Waals surface area contributed by atoms with Gasteiger partial charge in [0.2, 0.25) is 0 Å². The first-order valence-corrected chi connectivity index (χ1v) is 21.6. The predicted octanol–water partition coefficient (Wildman–Crippen LogP) is 10.2. The number of phenolic OH excluding ortho intramolecular Hbond substituents is 1. The summed E-state index contributed by atoms with van der Waals surface area (Å²) < 4.78 is 18.6. The number of ether oxygens (including phenoxy) is 3. The topological polar surface area (TPSA) is 136 Å². The number of aliphatic hydroxyl groups excluding tert-OH is 1. The van der Waals surface area contributed by atoms with Crippen LogP contribution in [0.4, 0.5) is 5.69 Å². The van der Waals surface area contributed by atoms with Gasteiger partial charge in [0.1, 0.15) is 36.1 Å². The molecule has 0 aromatic heterocycles. The van der Waals surface area contributed by atoms with E-state index in [2.05, 4.69) is 65.7 Å². The molecule has 2 aliphatic heterocycles. The molecule has 0 radical (unpaired) electrons. The van der Waals surface area contributed by atoms with Gasteiger partial charge >= 0.3 is 0 Å². The zero-order valence-electron chi connectivity index (χ0n) is 35.3. The third-order valence-corrected chi connectivity index (χ3v) is 12.5. The smallest absolute Gasteiger partial charge is 0.192 e. The Morgan fingerprint density at radius 3 is 2.63 bits per heavy atom. The number of phenols is 1. The van der Waals surface area contributed by atoms with Gasteiger partial charge in [0.15, 0.2) is 17.5 Å². The monoisotopic (exact) mass is 809 g/mol. The molecule has 1 fully saturated rings. The van der Waals surface area contributed by atoms with Crippen molar-refractivity contribution in [2.24, 2.45) is 22.6 Å². The molecular formula is C51H59N3O6. The number of aromatic hydroxyl groups is 1. The Morgan fingerprint density at radius 1 is 1.00 bits per heavy atom. The predicted molar refractivity (Wildman–Crippen MR) is 240 cm³/mol. The first-order valence-electron chi connectivity index (χ1n) is 21.6. The number of carbonyl (C=O) groups is 1. The average Bonchev–Trinajstić information content (AvgIpc) is 3.72. The zero-order chi connectivity index (χ0) is 42.1. The Morgan fingerprint density at radius 2 is 1.83 bits per heavy atom. The largest absolute Gasteiger partial charge is 0.508 e. The fourth-order valence-corrected chi connectivity index (χ4v) is 9.34. The summed E-state index contributed by atoms with van der Waals surface area (Å²) in [5.41, 5.74) is 11.3. The van der Waals surface area contributed by atoms with Crippen molar-refractivity contribution in [1.82, 2.24) is 0 Å². The van der Waals surface area contributed by atoms with Gasteiger partial charge in [-0.3, -0.25) is 9.79 Å². The van der Waals surface area contributed by atoms with E-state index in [1.165, 1.54) is 5.56 Å². The van der Waals surface area contributed by atoms with Gasteiger partial charge in [0, 0.05) is 31.1 Å². The molecule has 3 atom stereocenters. The van der Waals surface area contributed by atoms with Crippen LogP contribution in [0.25, 0.3) is 10.8 Å².